The highest BCUT2D eigenvalue weighted by Gasteiger charge is 2.09. The van der Waals surface area contributed by atoms with Gasteiger partial charge in [0.1, 0.15) is 6.61 Å². The van der Waals surface area contributed by atoms with Crippen LogP contribution in [0.5, 0.6) is 0 Å². The molecule has 0 heterocycles. The van der Waals surface area contributed by atoms with Crippen molar-refractivity contribution in [3.8, 4) is 11.1 Å². The summed E-state index contributed by atoms with van der Waals surface area (Å²) in [6.07, 6.45) is 0. The summed E-state index contributed by atoms with van der Waals surface area (Å²) in [6, 6.07) is 15.6. The molecule has 0 fully saturated rings. The average molecular weight is 320 g/mol. The molecule has 4 heteroatoms. The van der Waals surface area contributed by atoms with Crippen molar-refractivity contribution in [2.45, 2.75) is 0 Å². The molecule has 19 heavy (non-hydrogen) atoms. The molecule has 0 aliphatic carbocycles. The molecular weight excluding hydrogens is 306 g/mol. The van der Waals surface area contributed by atoms with E-state index in [2.05, 4.69) is 21.2 Å². The second-order valence-electron chi connectivity index (χ2n) is 4.01. The van der Waals surface area contributed by atoms with Gasteiger partial charge in [-0.3, -0.25) is 4.79 Å². The predicted molar refractivity (Wildman–Crippen MR) is 80.1 cm³/mol. The summed E-state index contributed by atoms with van der Waals surface area (Å²) in [5, 5.41) is 2.85. The number of hydrogen-bond acceptors (Lipinski definition) is 2. The number of hydrogen-bond donors (Lipinski definition) is 1. The fraction of sp³-hybridized carbons (Fsp3) is 0.133. The van der Waals surface area contributed by atoms with Crippen LogP contribution in [0, 0.1) is 0 Å². The number of nitrogens with one attached hydrogen (secondary N) is 1. The van der Waals surface area contributed by atoms with Gasteiger partial charge in [-0.15, -0.1) is 0 Å². The number of halogens is 1. The van der Waals surface area contributed by atoms with Crippen LogP contribution < -0.4 is 5.32 Å². The first-order valence-electron chi connectivity index (χ1n) is 5.85. The van der Waals surface area contributed by atoms with Crippen LogP contribution in [0.4, 0.5) is 5.69 Å². The number of rotatable bonds is 4. The van der Waals surface area contributed by atoms with Crippen LogP contribution in [0.1, 0.15) is 0 Å². The lowest BCUT2D eigenvalue weighted by molar-refractivity contribution is -0.119. The molecule has 98 valence electrons. The van der Waals surface area contributed by atoms with Gasteiger partial charge in [-0.25, -0.2) is 0 Å². The third kappa shape index (κ3) is 3.43. The van der Waals surface area contributed by atoms with Gasteiger partial charge in [0, 0.05) is 22.8 Å². The molecule has 3 nitrogen and oxygen atoms in total. The lowest BCUT2D eigenvalue weighted by Crippen LogP contribution is -2.17. The molecule has 0 unspecified atom stereocenters. The van der Waals surface area contributed by atoms with E-state index in [1.807, 2.05) is 48.5 Å². The van der Waals surface area contributed by atoms with Crippen LogP contribution >= 0.6 is 15.9 Å². The highest BCUT2D eigenvalue weighted by molar-refractivity contribution is 9.10. The second-order valence-corrected chi connectivity index (χ2v) is 4.86. The maximum absolute atomic E-state index is 11.6. The first-order valence-corrected chi connectivity index (χ1v) is 6.64. The lowest BCUT2D eigenvalue weighted by Gasteiger charge is -2.12. The van der Waals surface area contributed by atoms with E-state index in [9.17, 15) is 4.79 Å². The fourth-order valence-electron chi connectivity index (χ4n) is 1.82. The van der Waals surface area contributed by atoms with Gasteiger partial charge in [-0.2, -0.15) is 0 Å². The molecule has 1 amide bonds. The summed E-state index contributed by atoms with van der Waals surface area (Å²) in [5.74, 6) is -0.165. The molecule has 0 bridgehead atoms. The molecule has 2 aromatic rings. The van der Waals surface area contributed by atoms with E-state index in [1.54, 1.807) is 0 Å². The topological polar surface area (TPSA) is 38.3 Å². The number of para-hydroxylation sites is 1. The third-order valence-corrected chi connectivity index (χ3v) is 3.33. The van der Waals surface area contributed by atoms with Gasteiger partial charge in [0.15, 0.2) is 0 Å². The van der Waals surface area contributed by atoms with Crippen molar-refractivity contribution in [2.24, 2.45) is 0 Å². The van der Waals surface area contributed by atoms with Gasteiger partial charge in [0.05, 0.1) is 0 Å². The van der Waals surface area contributed by atoms with Crippen LogP contribution in [0.15, 0.2) is 53.0 Å². The van der Waals surface area contributed by atoms with Crippen molar-refractivity contribution < 1.29 is 9.53 Å². The van der Waals surface area contributed by atoms with Crippen molar-refractivity contribution in [3.63, 3.8) is 0 Å². The smallest absolute Gasteiger partial charge is 0.250 e. The molecular formula is C15H14BrNO2. The van der Waals surface area contributed by atoms with E-state index in [1.165, 1.54) is 7.11 Å². The molecule has 2 rings (SSSR count). The molecule has 0 radical (unpaired) electrons. The summed E-state index contributed by atoms with van der Waals surface area (Å²) in [4.78, 5) is 11.6. The van der Waals surface area contributed by atoms with Crippen LogP contribution in [-0.4, -0.2) is 19.6 Å². The predicted octanol–water partition coefficient (Wildman–Crippen LogP) is 3.70. The highest BCUT2D eigenvalue weighted by atomic mass is 79.9. The summed E-state index contributed by atoms with van der Waals surface area (Å²) in [7, 11) is 1.50. The summed E-state index contributed by atoms with van der Waals surface area (Å²) in [6.45, 7) is 0.0459. The van der Waals surface area contributed by atoms with E-state index >= 15 is 0 Å². The summed E-state index contributed by atoms with van der Waals surface area (Å²) >= 11 is 3.53. The Morgan fingerprint density at radius 2 is 1.74 bits per heavy atom. The minimum atomic E-state index is -0.165. The van der Waals surface area contributed by atoms with Crippen molar-refractivity contribution in [1.82, 2.24) is 0 Å². The Morgan fingerprint density at radius 3 is 2.42 bits per heavy atom. The standard InChI is InChI=1S/C15H14BrNO2/c1-19-10-15(18)17-14-9-5-3-7-12(14)11-6-2-4-8-13(11)16/h2-9H,10H2,1H3,(H,17,18). The SMILES string of the molecule is COCC(=O)Nc1ccccc1-c1ccccc1Br. The molecule has 0 aliphatic heterocycles. The number of anilines is 1. The number of ether oxygens (including phenoxy) is 1. The Balaban J connectivity index is 2.37. The second kappa shape index (κ2) is 6.50. The third-order valence-electron chi connectivity index (χ3n) is 2.64. The molecule has 1 N–H and O–H groups in total. The molecule has 0 spiro atoms. The van der Waals surface area contributed by atoms with E-state index in [0.29, 0.717) is 0 Å². The lowest BCUT2D eigenvalue weighted by atomic mass is 10.0. The number of benzene rings is 2. The minimum Gasteiger partial charge on any atom is -0.375 e. The van der Waals surface area contributed by atoms with E-state index in [0.717, 1.165) is 21.3 Å². The first kappa shape index (κ1) is 13.8. The molecule has 0 saturated carbocycles. The zero-order valence-electron chi connectivity index (χ0n) is 10.5. The monoisotopic (exact) mass is 319 g/mol. The molecule has 0 aliphatic rings. The first-order chi connectivity index (χ1) is 9.22. The van der Waals surface area contributed by atoms with E-state index in [4.69, 9.17) is 4.74 Å². The zero-order valence-corrected chi connectivity index (χ0v) is 12.1. The van der Waals surface area contributed by atoms with Crippen molar-refractivity contribution >= 4 is 27.5 Å². The quantitative estimate of drug-likeness (QED) is 0.933. The van der Waals surface area contributed by atoms with Gasteiger partial charge in [-0.05, 0) is 17.7 Å². The van der Waals surface area contributed by atoms with Gasteiger partial charge in [0.2, 0.25) is 5.91 Å². The van der Waals surface area contributed by atoms with Crippen molar-refractivity contribution in [3.05, 3.63) is 53.0 Å². The van der Waals surface area contributed by atoms with Crippen molar-refractivity contribution in [2.75, 3.05) is 19.0 Å². The highest BCUT2D eigenvalue weighted by Crippen LogP contribution is 2.33. The fourth-order valence-corrected chi connectivity index (χ4v) is 2.32. The van der Waals surface area contributed by atoms with E-state index < -0.39 is 0 Å². The Morgan fingerprint density at radius 1 is 1.11 bits per heavy atom. The molecule has 0 atom stereocenters. The Hall–Kier alpha value is -1.65. The molecule has 2 aromatic carbocycles. The maximum Gasteiger partial charge on any atom is 0.250 e. The van der Waals surface area contributed by atoms with Crippen LogP contribution in [0.25, 0.3) is 11.1 Å². The normalized spacial score (nSPS) is 10.2. The Labute approximate surface area is 120 Å². The zero-order chi connectivity index (χ0) is 13.7. The van der Waals surface area contributed by atoms with Gasteiger partial charge in [0.25, 0.3) is 0 Å². The average Bonchev–Trinajstić information content (AvgIpc) is 2.40. The number of carbonyl (C=O) groups is 1. The van der Waals surface area contributed by atoms with Crippen LogP contribution in [-0.2, 0) is 9.53 Å². The number of amides is 1. The largest absolute Gasteiger partial charge is 0.375 e. The minimum absolute atomic E-state index is 0.0459. The maximum atomic E-state index is 11.6. The van der Waals surface area contributed by atoms with Gasteiger partial charge in [-0.1, -0.05) is 52.3 Å². The molecule has 0 saturated heterocycles. The van der Waals surface area contributed by atoms with Gasteiger partial charge < -0.3 is 10.1 Å². The summed E-state index contributed by atoms with van der Waals surface area (Å²) in [5.41, 5.74) is 2.78. The van der Waals surface area contributed by atoms with Crippen molar-refractivity contribution in [1.29, 1.82) is 0 Å². The Bertz CT molecular complexity index is 584. The van der Waals surface area contributed by atoms with Gasteiger partial charge >= 0.3 is 0 Å². The molecule has 0 aromatic heterocycles. The van der Waals surface area contributed by atoms with Crippen LogP contribution in [0.2, 0.25) is 0 Å². The number of carbonyl (C=O) groups excluding carboxylic acids is 1. The summed E-state index contributed by atoms with van der Waals surface area (Å²) < 4.78 is 5.81. The number of methoxy groups -OCH3 is 1. The van der Waals surface area contributed by atoms with Crippen LogP contribution in [0.3, 0.4) is 0 Å². The van der Waals surface area contributed by atoms with E-state index in [-0.39, 0.29) is 12.5 Å². The Kier molecular flexibility index (Phi) is 4.71.